The van der Waals surface area contributed by atoms with Crippen molar-refractivity contribution in [2.75, 3.05) is 18.4 Å². The SMILES string of the molecule is Cl.O=C(CNCC1CC1)Nc1ccc(F)cc1-c1nc2ccccc2s1. The summed E-state index contributed by atoms with van der Waals surface area (Å²) in [6, 6.07) is 12.1. The fourth-order valence-corrected chi connectivity index (χ4v) is 3.69. The normalized spacial score (nSPS) is 13.4. The van der Waals surface area contributed by atoms with Crippen molar-refractivity contribution in [3.8, 4) is 10.6 Å². The van der Waals surface area contributed by atoms with Gasteiger partial charge in [0.2, 0.25) is 5.91 Å². The van der Waals surface area contributed by atoms with Crippen LogP contribution in [0.25, 0.3) is 20.8 Å². The number of fused-ring (bicyclic) bond motifs is 1. The number of carbonyl (C=O) groups is 1. The molecule has 1 aliphatic carbocycles. The molecule has 1 aliphatic rings. The average Bonchev–Trinajstić information content (AvgIpc) is 3.32. The summed E-state index contributed by atoms with van der Waals surface area (Å²) in [7, 11) is 0. The molecule has 1 aromatic heterocycles. The summed E-state index contributed by atoms with van der Waals surface area (Å²) in [6.45, 7) is 1.13. The van der Waals surface area contributed by atoms with Gasteiger partial charge in [0.25, 0.3) is 0 Å². The summed E-state index contributed by atoms with van der Waals surface area (Å²) in [5.41, 5.74) is 2.06. The molecule has 2 aromatic carbocycles. The molecule has 4 nitrogen and oxygen atoms in total. The summed E-state index contributed by atoms with van der Waals surface area (Å²) in [6.07, 6.45) is 2.49. The van der Waals surface area contributed by atoms with Gasteiger partial charge in [-0.15, -0.1) is 23.7 Å². The third kappa shape index (κ3) is 4.38. The van der Waals surface area contributed by atoms with Gasteiger partial charge in [0.05, 0.1) is 22.4 Å². The summed E-state index contributed by atoms with van der Waals surface area (Å²) >= 11 is 1.49. The number of aromatic nitrogens is 1. The van der Waals surface area contributed by atoms with Crippen LogP contribution in [0, 0.1) is 11.7 Å². The van der Waals surface area contributed by atoms with Crippen LogP contribution in [0.2, 0.25) is 0 Å². The van der Waals surface area contributed by atoms with Crippen LogP contribution in [0.4, 0.5) is 10.1 Å². The maximum absolute atomic E-state index is 13.8. The lowest BCUT2D eigenvalue weighted by Crippen LogP contribution is -2.29. The lowest BCUT2D eigenvalue weighted by atomic mass is 10.1. The van der Waals surface area contributed by atoms with E-state index in [1.54, 1.807) is 6.07 Å². The summed E-state index contributed by atoms with van der Waals surface area (Å²) in [4.78, 5) is 16.7. The Hall–Kier alpha value is -2.02. The number of thiazole rings is 1. The van der Waals surface area contributed by atoms with E-state index in [4.69, 9.17) is 0 Å². The summed E-state index contributed by atoms with van der Waals surface area (Å²) in [5, 5.41) is 6.73. The summed E-state index contributed by atoms with van der Waals surface area (Å²) in [5.74, 6) is 0.241. The maximum atomic E-state index is 13.8. The van der Waals surface area contributed by atoms with Gasteiger partial charge in [-0.3, -0.25) is 4.79 Å². The van der Waals surface area contributed by atoms with Crippen LogP contribution >= 0.6 is 23.7 Å². The minimum atomic E-state index is -0.348. The van der Waals surface area contributed by atoms with E-state index in [0.717, 1.165) is 22.7 Å². The van der Waals surface area contributed by atoms with Crippen molar-refractivity contribution in [3.63, 3.8) is 0 Å². The Morgan fingerprint density at radius 1 is 1.23 bits per heavy atom. The second-order valence-corrected chi connectivity index (χ2v) is 7.33. The first kappa shape index (κ1) is 18.8. The van der Waals surface area contributed by atoms with Crippen LogP contribution in [0.1, 0.15) is 12.8 Å². The molecule has 1 saturated carbocycles. The Labute approximate surface area is 161 Å². The van der Waals surface area contributed by atoms with E-state index < -0.39 is 0 Å². The van der Waals surface area contributed by atoms with Crippen molar-refractivity contribution in [1.82, 2.24) is 10.3 Å². The molecule has 0 saturated heterocycles. The zero-order valence-electron chi connectivity index (χ0n) is 14.0. The van der Waals surface area contributed by atoms with Crippen LogP contribution < -0.4 is 10.6 Å². The van der Waals surface area contributed by atoms with Crippen LogP contribution in [-0.2, 0) is 4.79 Å². The van der Waals surface area contributed by atoms with Crippen LogP contribution in [-0.4, -0.2) is 24.0 Å². The highest BCUT2D eigenvalue weighted by Gasteiger charge is 2.21. The number of carbonyl (C=O) groups excluding carboxylic acids is 1. The first-order valence-electron chi connectivity index (χ1n) is 8.35. The van der Waals surface area contributed by atoms with E-state index in [-0.39, 0.29) is 30.7 Å². The van der Waals surface area contributed by atoms with E-state index in [0.29, 0.717) is 16.3 Å². The van der Waals surface area contributed by atoms with Crippen molar-refractivity contribution in [3.05, 3.63) is 48.3 Å². The maximum Gasteiger partial charge on any atom is 0.238 e. The van der Waals surface area contributed by atoms with Crippen molar-refractivity contribution in [2.45, 2.75) is 12.8 Å². The number of para-hydroxylation sites is 1. The Morgan fingerprint density at radius 3 is 2.81 bits per heavy atom. The Morgan fingerprint density at radius 2 is 2.04 bits per heavy atom. The van der Waals surface area contributed by atoms with E-state index in [1.807, 2.05) is 24.3 Å². The quantitative estimate of drug-likeness (QED) is 0.652. The largest absolute Gasteiger partial charge is 0.324 e. The molecule has 3 aromatic rings. The minimum absolute atomic E-state index is 0. The fourth-order valence-electron chi connectivity index (χ4n) is 2.70. The van der Waals surface area contributed by atoms with Crippen molar-refractivity contribution in [2.24, 2.45) is 5.92 Å². The minimum Gasteiger partial charge on any atom is -0.324 e. The number of rotatable bonds is 6. The molecule has 136 valence electrons. The monoisotopic (exact) mass is 391 g/mol. The molecule has 0 atom stereocenters. The predicted octanol–water partition coefficient (Wildman–Crippen LogP) is 4.46. The average molecular weight is 392 g/mol. The highest BCUT2D eigenvalue weighted by atomic mass is 35.5. The molecule has 1 heterocycles. The number of nitrogens with zero attached hydrogens (tertiary/aromatic N) is 1. The third-order valence-electron chi connectivity index (χ3n) is 4.20. The smallest absolute Gasteiger partial charge is 0.238 e. The number of anilines is 1. The zero-order chi connectivity index (χ0) is 17.2. The zero-order valence-corrected chi connectivity index (χ0v) is 15.6. The highest BCUT2D eigenvalue weighted by Crippen LogP contribution is 2.35. The van der Waals surface area contributed by atoms with Gasteiger partial charge in [-0.05, 0) is 55.6 Å². The van der Waals surface area contributed by atoms with E-state index >= 15 is 0 Å². The topological polar surface area (TPSA) is 54.0 Å². The van der Waals surface area contributed by atoms with Gasteiger partial charge in [-0.25, -0.2) is 9.37 Å². The number of amides is 1. The molecule has 0 spiro atoms. The highest BCUT2D eigenvalue weighted by molar-refractivity contribution is 7.21. The van der Waals surface area contributed by atoms with Gasteiger partial charge in [-0.2, -0.15) is 0 Å². The Bertz CT molecular complexity index is 893. The van der Waals surface area contributed by atoms with Crippen molar-refractivity contribution >= 4 is 45.6 Å². The molecule has 7 heteroatoms. The molecule has 0 unspecified atom stereocenters. The molecular weight excluding hydrogens is 373 g/mol. The third-order valence-corrected chi connectivity index (χ3v) is 5.27. The van der Waals surface area contributed by atoms with E-state index in [9.17, 15) is 9.18 Å². The van der Waals surface area contributed by atoms with E-state index in [1.165, 1.54) is 36.3 Å². The number of halogens is 2. The predicted molar refractivity (Wildman–Crippen MR) is 106 cm³/mol. The van der Waals surface area contributed by atoms with Gasteiger partial charge in [0.15, 0.2) is 0 Å². The Balaban J connectivity index is 0.00000196. The number of hydrogen-bond donors (Lipinski definition) is 2. The van der Waals surface area contributed by atoms with Crippen LogP contribution in [0.3, 0.4) is 0 Å². The number of nitrogens with one attached hydrogen (secondary N) is 2. The lowest BCUT2D eigenvalue weighted by Gasteiger charge is -2.10. The molecular formula is C19H19ClFN3OS. The standard InChI is InChI=1S/C19H18FN3OS.ClH/c20-13-7-8-15(22-18(24)11-21-10-12-5-6-12)14(9-13)19-23-16-3-1-2-4-17(16)25-19;/h1-4,7-9,12,21H,5-6,10-11H2,(H,22,24);1H. The second kappa shape index (κ2) is 8.12. The molecule has 0 bridgehead atoms. The molecule has 0 radical (unpaired) electrons. The molecule has 1 amide bonds. The van der Waals surface area contributed by atoms with Crippen LogP contribution in [0.5, 0.6) is 0 Å². The first-order valence-corrected chi connectivity index (χ1v) is 9.17. The Kier molecular flexibility index (Phi) is 5.86. The molecule has 2 N–H and O–H groups in total. The van der Waals surface area contributed by atoms with Gasteiger partial charge in [0, 0.05) is 5.56 Å². The van der Waals surface area contributed by atoms with Gasteiger partial charge < -0.3 is 10.6 Å². The van der Waals surface area contributed by atoms with E-state index in [2.05, 4.69) is 15.6 Å². The van der Waals surface area contributed by atoms with Crippen molar-refractivity contribution < 1.29 is 9.18 Å². The lowest BCUT2D eigenvalue weighted by molar-refractivity contribution is -0.115. The molecule has 4 rings (SSSR count). The van der Waals surface area contributed by atoms with Crippen LogP contribution in [0.15, 0.2) is 42.5 Å². The van der Waals surface area contributed by atoms with Gasteiger partial charge in [-0.1, -0.05) is 12.1 Å². The molecule has 0 aliphatic heterocycles. The van der Waals surface area contributed by atoms with Gasteiger partial charge >= 0.3 is 0 Å². The first-order chi connectivity index (χ1) is 12.2. The number of benzene rings is 2. The molecule has 26 heavy (non-hydrogen) atoms. The molecule has 1 fully saturated rings. The summed E-state index contributed by atoms with van der Waals surface area (Å²) < 4.78 is 14.8. The second-order valence-electron chi connectivity index (χ2n) is 6.30. The fraction of sp³-hybridized carbons (Fsp3) is 0.263. The van der Waals surface area contributed by atoms with Crippen molar-refractivity contribution in [1.29, 1.82) is 0 Å². The van der Waals surface area contributed by atoms with Gasteiger partial charge in [0.1, 0.15) is 10.8 Å². The number of hydrogen-bond acceptors (Lipinski definition) is 4.